The molecule has 1 amide bonds. The second-order valence-electron chi connectivity index (χ2n) is 7.58. The minimum atomic E-state index is -0.479. The molecule has 2 aliphatic rings. The molecule has 1 saturated heterocycles. The third-order valence-electron chi connectivity index (χ3n) is 5.78. The molecule has 1 aromatic heterocycles. The van der Waals surface area contributed by atoms with Gasteiger partial charge in [0.15, 0.2) is 5.43 Å². The molecule has 30 heavy (non-hydrogen) atoms. The van der Waals surface area contributed by atoms with Gasteiger partial charge < -0.3 is 14.1 Å². The van der Waals surface area contributed by atoms with E-state index in [2.05, 4.69) is 15.9 Å². The van der Waals surface area contributed by atoms with Crippen LogP contribution in [0.4, 0.5) is 0 Å². The fourth-order valence-corrected chi connectivity index (χ4v) is 5.09. The predicted molar refractivity (Wildman–Crippen MR) is 120 cm³/mol. The fraction of sp³-hybridized carbons (Fsp3) is 0.304. The molecule has 3 aromatic rings. The average molecular weight is 486 g/mol. The molecule has 5 rings (SSSR count). The maximum absolute atomic E-state index is 13.5. The molecule has 0 N–H and O–H groups in total. The number of benzene rings is 2. The molecule has 5 nitrogen and oxygen atoms in total. The Labute approximate surface area is 186 Å². The first-order chi connectivity index (χ1) is 14.6. The normalized spacial score (nSPS) is 20.9. The third-order valence-corrected chi connectivity index (χ3v) is 7.02. The van der Waals surface area contributed by atoms with Crippen molar-refractivity contribution >= 4 is 44.6 Å². The maximum atomic E-state index is 13.5. The Morgan fingerprint density at radius 3 is 2.67 bits per heavy atom. The van der Waals surface area contributed by atoms with Crippen molar-refractivity contribution in [1.82, 2.24) is 4.90 Å². The molecule has 1 fully saturated rings. The highest BCUT2D eigenvalue weighted by molar-refractivity contribution is 9.10. The summed E-state index contributed by atoms with van der Waals surface area (Å²) in [5.74, 6) is -0.104. The molecular formula is C23H20BrNO4S. The van der Waals surface area contributed by atoms with E-state index in [1.54, 1.807) is 34.9 Å². The Bertz CT molecular complexity index is 1180. The number of hydrogen-bond acceptors (Lipinski definition) is 5. The molecule has 7 heteroatoms. The summed E-state index contributed by atoms with van der Waals surface area (Å²) in [6.07, 6.45) is 3.90. The topological polar surface area (TPSA) is 59.8 Å². The van der Waals surface area contributed by atoms with Gasteiger partial charge in [-0.15, -0.1) is 11.8 Å². The SMILES string of the molecule is CSc1ccc([C@H]2c3c(oc4ccc(Br)cc4c3=O)C(=O)N2C[C@H]2CCCO2)cc1. The number of ether oxygens (including phenoxy) is 1. The number of amides is 1. The van der Waals surface area contributed by atoms with Crippen molar-refractivity contribution in [3.8, 4) is 0 Å². The van der Waals surface area contributed by atoms with Gasteiger partial charge in [-0.2, -0.15) is 0 Å². The first-order valence-electron chi connectivity index (χ1n) is 9.89. The quantitative estimate of drug-likeness (QED) is 0.486. The molecule has 0 unspecified atom stereocenters. The molecule has 2 atom stereocenters. The molecule has 2 aliphatic heterocycles. The molecule has 0 bridgehead atoms. The summed E-state index contributed by atoms with van der Waals surface area (Å²) in [4.78, 5) is 29.8. The minimum Gasteiger partial charge on any atom is -0.450 e. The van der Waals surface area contributed by atoms with E-state index >= 15 is 0 Å². The van der Waals surface area contributed by atoms with E-state index in [-0.39, 0.29) is 23.2 Å². The van der Waals surface area contributed by atoms with E-state index in [0.717, 1.165) is 27.8 Å². The van der Waals surface area contributed by atoms with Crippen LogP contribution in [0, 0.1) is 0 Å². The van der Waals surface area contributed by atoms with E-state index in [4.69, 9.17) is 9.15 Å². The van der Waals surface area contributed by atoms with Crippen LogP contribution in [0.5, 0.6) is 0 Å². The lowest BCUT2D eigenvalue weighted by Crippen LogP contribution is -2.36. The Kier molecular flexibility index (Phi) is 5.21. The van der Waals surface area contributed by atoms with E-state index in [9.17, 15) is 9.59 Å². The van der Waals surface area contributed by atoms with E-state index in [1.165, 1.54) is 0 Å². The highest BCUT2D eigenvalue weighted by Gasteiger charge is 2.43. The first kappa shape index (κ1) is 19.8. The maximum Gasteiger partial charge on any atom is 0.291 e. The van der Waals surface area contributed by atoms with Crippen molar-refractivity contribution in [3.05, 3.63) is 74.0 Å². The molecular weight excluding hydrogens is 466 g/mol. The van der Waals surface area contributed by atoms with Crippen LogP contribution in [-0.4, -0.2) is 36.3 Å². The Morgan fingerprint density at radius 1 is 1.17 bits per heavy atom. The Hall–Kier alpha value is -2.09. The van der Waals surface area contributed by atoms with Crippen LogP contribution in [0.25, 0.3) is 11.0 Å². The first-order valence-corrected chi connectivity index (χ1v) is 11.9. The molecule has 2 aromatic carbocycles. The van der Waals surface area contributed by atoms with E-state index < -0.39 is 6.04 Å². The number of hydrogen-bond donors (Lipinski definition) is 0. The van der Waals surface area contributed by atoms with Crippen LogP contribution in [0.3, 0.4) is 0 Å². The number of halogens is 1. The molecule has 3 heterocycles. The summed E-state index contributed by atoms with van der Waals surface area (Å²) in [7, 11) is 0. The zero-order chi connectivity index (χ0) is 20.8. The van der Waals surface area contributed by atoms with Crippen molar-refractivity contribution in [2.45, 2.75) is 29.9 Å². The van der Waals surface area contributed by atoms with Gasteiger partial charge in [-0.25, -0.2) is 0 Å². The van der Waals surface area contributed by atoms with E-state index in [0.29, 0.717) is 29.7 Å². The van der Waals surface area contributed by atoms with Crippen LogP contribution < -0.4 is 5.43 Å². The molecule has 0 saturated carbocycles. The number of carbonyl (C=O) groups excluding carboxylic acids is 1. The van der Waals surface area contributed by atoms with Gasteiger partial charge in [-0.1, -0.05) is 28.1 Å². The second kappa shape index (κ2) is 7.87. The highest BCUT2D eigenvalue weighted by atomic mass is 79.9. The molecule has 0 spiro atoms. The van der Waals surface area contributed by atoms with Crippen LogP contribution in [0.1, 0.15) is 40.6 Å². The van der Waals surface area contributed by atoms with Gasteiger partial charge in [0.1, 0.15) is 5.58 Å². The minimum absolute atomic E-state index is 0.0186. The van der Waals surface area contributed by atoms with Crippen LogP contribution in [-0.2, 0) is 4.74 Å². The number of thioether (sulfide) groups is 1. The lowest BCUT2D eigenvalue weighted by molar-refractivity contribution is 0.0486. The molecule has 0 radical (unpaired) electrons. The number of rotatable bonds is 4. The van der Waals surface area contributed by atoms with Gasteiger partial charge in [0, 0.05) is 22.5 Å². The van der Waals surface area contributed by atoms with Gasteiger partial charge in [-0.3, -0.25) is 9.59 Å². The zero-order valence-corrected chi connectivity index (χ0v) is 18.8. The van der Waals surface area contributed by atoms with Crippen LogP contribution in [0.2, 0.25) is 0 Å². The van der Waals surface area contributed by atoms with Crippen molar-refractivity contribution < 1.29 is 13.9 Å². The van der Waals surface area contributed by atoms with Crippen molar-refractivity contribution in [1.29, 1.82) is 0 Å². The monoisotopic (exact) mass is 485 g/mol. The van der Waals surface area contributed by atoms with E-state index in [1.807, 2.05) is 30.5 Å². The van der Waals surface area contributed by atoms with Gasteiger partial charge in [0.25, 0.3) is 5.91 Å². The standard InChI is InChI=1S/C23H20BrNO4S/c1-30-16-7-4-13(5-8-16)20-19-21(26)17-11-14(24)6-9-18(17)29-22(19)23(27)25(20)12-15-3-2-10-28-15/h4-9,11,15,20H,2-3,10,12H2,1H3/t15-,20+/m1/s1. The third kappa shape index (κ3) is 3.29. The zero-order valence-electron chi connectivity index (χ0n) is 16.4. The largest absolute Gasteiger partial charge is 0.450 e. The number of nitrogens with zero attached hydrogens (tertiary/aromatic N) is 1. The smallest absolute Gasteiger partial charge is 0.291 e. The number of carbonyl (C=O) groups is 1. The summed E-state index contributed by atoms with van der Waals surface area (Å²) in [6.45, 7) is 1.15. The predicted octanol–water partition coefficient (Wildman–Crippen LogP) is 5.00. The van der Waals surface area contributed by atoms with Gasteiger partial charge in [0.2, 0.25) is 5.76 Å². The van der Waals surface area contributed by atoms with Crippen molar-refractivity contribution in [2.75, 3.05) is 19.4 Å². The summed E-state index contributed by atoms with van der Waals surface area (Å²) in [6, 6.07) is 12.8. The Balaban J connectivity index is 1.69. The summed E-state index contributed by atoms with van der Waals surface area (Å²) < 4.78 is 12.6. The lowest BCUT2D eigenvalue weighted by atomic mass is 9.98. The van der Waals surface area contributed by atoms with Gasteiger partial charge in [-0.05, 0) is 55.0 Å². The van der Waals surface area contributed by atoms with Crippen molar-refractivity contribution in [3.63, 3.8) is 0 Å². The highest BCUT2D eigenvalue weighted by Crippen LogP contribution is 2.39. The van der Waals surface area contributed by atoms with Crippen LogP contribution >= 0.6 is 27.7 Å². The fourth-order valence-electron chi connectivity index (χ4n) is 4.32. The second-order valence-corrected chi connectivity index (χ2v) is 9.38. The molecule has 154 valence electrons. The summed E-state index contributed by atoms with van der Waals surface area (Å²) >= 11 is 5.08. The lowest BCUT2D eigenvalue weighted by Gasteiger charge is -2.27. The summed E-state index contributed by atoms with van der Waals surface area (Å²) in [5, 5.41) is 0.473. The van der Waals surface area contributed by atoms with Gasteiger partial charge >= 0.3 is 0 Å². The van der Waals surface area contributed by atoms with Gasteiger partial charge in [0.05, 0.1) is 23.1 Å². The number of fused-ring (bicyclic) bond motifs is 2. The van der Waals surface area contributed by atoms with Crippen LogP contribution in [0.15, 0.2) is 61.0 Å². The Morgan fingerprint density at radius 2 is 1.97 bits per heavy atom. The van der Waals surface area contributed by atoms with Crippen molar-refractivity contribution in [2.24, 2.45) is 0 Å². The summed E-state index contributed by atoms with van der Waals surface area (Å²) in [5.41, 5.74) is 1.58. The average Bonchev–Trinajstić information content (AvgIpc) is 3.37. The molecule has 0 aliphatic carbocycles.